The molecule has 0 fully saturated rings. The van der Waals surface area contributed by atoms with Crippen LogP contribution in [-0.4, -0.2) is 20.2 Å². The minimum Gasteiger partial charge on any atom is -0.497 e. The molecule has 1 aromatic carbocycles. The van der Waals surface area contributed by atoms with Gasteiger partial charge in [-0.05, 0) is 31.2 Å². The van der Waals surface area contributed by atoms with Crippen molar-refractivity contribution in [2.24, 2.45) is 0 Å². The summed E-state index contributed by atoms with van der Waals surface area (Å²) >= 11 is 0. The van der Waals surface area contributed by atoms with Gasteiger partial charge in [0.05, 0.1) is 31.4 Å². The van der Waals surface area contributed by atoms with Crippen LogP contribution in [-0.2, 0) is 4.74 Å². The van der Waals surface area contributed by atoms with Crippen LogP contribution in [0.4, 0.5) is 0 Å². The molecule has 0 heterocycles. The van der Waals surface area contributed by atoms with Gasteiger partial charge in [-0.3, -0.25) is 0 Å². The zero-order chi connectivity index (χ0) is 16.5. The summed E-state index contributed by atoms with van der Waals surface area (Å²) in [4.78, 5) is 12.1. The van der Waals surface area contributed by atoms with Crippen LogP contribution in [0, 0.1) is 11.3 Å². The molecule has 0 aromatic heterocycles. The molecule has 5 nitrogen and oxygen atoms in total. The summed E-state index contributed by atoms with van der Waals surface area (Å²) in [6.07, 6.45) is 4.45. The Balaban J connectivity index is 2.93. The highest BCUT2D eigenvalue weighted by atomic mass is 16.5. The first-order valence-corrected chi connectivity index (χ1v) is 6.40. The third-order valence-electron chi connectivity index (χ3n) is 2.69. The Hall–Kier alpha value is -3.00. The highest BCUT2D eigenvalue weighted by molar-refractivity contribution is 5.91. The molecule has 0 saturated heterocycles. The minimum atomic E-state index is -0.545. The fourth-order valence-corrected chi connectivity index (χ4v) is 1.52. The van der Waals surface area contributed by atoms with Crippen molar-refractivity contribution in [2.45, 2.75) is 6.92 Å². The molecule has 0 atom stereocenters. The lowest BCUT2D eigenvalue weighted by Crippen LogP contribution is -2.04. The molecule has 1 aromatic rings. The van der Waals surface area contributed by atoms with E-state index in [-0.39, 0.29) is 0 Å². The second-order valence-corrected chi connectivity index (χ2v) is 4.21. The number of benzene rings is 1. The van der Waals surface area contributed by atoms with E-state index < -0.39 is 5.97 Å². The number of carbonyl (C=O) groups excluding carboxylic acids is 1. The van der Waals surface area contributed by atoms with Crippen molar-refractivity contribution in [1.29, 1.82) is 5.26 Å². The summed E-state index contributed by atoms with van der Waals surface area (Å²) in [5.41, 5.74) is 0.676. The SMILES string of the molecule is C=C/C(C#N)=C\C=C(/C)OC(=O)c1cc(OC)cc(OC)c1. The molecule has 114 valence electrons. The van der Waals surface area contributed by atoms with Gasteiger partial charge < -0.3 is 14.2 Å². The van der Waals surface area contributed by atoms with Crippen LogP contribution in [0.2, 0.25) is 0 Å². The lowest BCUT2D eigenvalue weighted by atomic mass is 10.2. The van der Waals surface area contributed by atoms with Crippen molar-refractivity contribution in [1.82, 2.24) is 0 Å². The van der Waals surface area contributed by atoms with Crippen LogP contribution >= 0.6 is 0 Å². The van der Waals surface area contributed by atoms with E-state index in [9.17, 15) is 4.79 Å². The van der Waals surface area contributed by atoms with Crippen molar-refractivity contribution >= 4 is 5.97 Å². The molecule has 5 heteroatoms. The van der Waals surface area contributed by atoms with E-state index in [0.29, 0.717) is 28.4 Å². The fraction of sp³-hybridized carbons (Fsp3) is 0.176. The third kappa shape index (κ3) is 4.84. The van der Waals surface area contributed by atoms with E-state index in [1.54, 1.807) is 25.1 Å². The Morgan fingerprint density at radius 2 is 1.77 bits per heavy atom. The first-order chi connectivity index (χ1) is 10.5. The quantitative estimate of drug-likeness (QED) is 0.348. The van der Waals surface area contributed by atoms with Gasteiger partial charge in [-0.2, -0.15) is 5.26 Å². The second kappa shape index (κ2) is 8.32. The van der Waals surface area contributed by atoms with Gasteiger partial charge in [0.1, 0.15) is 17.3 Å². The summed E-state index contributed by atoms with van der Waals surface area (Å²) < 4.78 is 15.4. The van der Waals surface area contributed by atoms with Gasteiger partial charge in [0.15, 0.2) is 0 Å². The molecule has 0 amide bonds. The number of ether oxygens (including phenoxy) is 3. The summed E-state index contributed by atoms with van der Waals surface area (Å²) in [5, 5.41) is 8.76. The Kier molecular flexibility index (Phi) is 6.45. The zero-order valence-corrected chi connectivity index (χ0v) is 12.8. The summed E-state index contributed by atoms with van der Waals surface area (Å²) in [7, 11) is 3.00. The molecule has 0 radical (unpaired) electrons. The lowest BCUT2D eigenvalue weighted by molar-refractivity contribution is 0.0625. The highest BCUT2D eigenvalue weighted by Gasteiger charge is 2.11. The molecular weight excluding hydrogens is 282 g/mol. The average molecular weight is 299 g/mol. The van der Waals surface area contributed by atoms with E-state index in [1.807, 2.05) is 6.07 Å². The molecule has 0 spiro atoms. The summed E-state index contributed by atoms with van der Waals surface area (Å²) in [6, 6.07) is 6.71. The maximum atomic E-state index is 12.1. The first kappa shape index (κ1) is 17.1. The summed E-state index contributed by atoms with van der Waals surface area (Å²) in [6.45, 7) is 5.12. The topological polar surface area (TPSA) is 68.5 Å². The smallest absolute Gasteiger partial charge is 0.343 e. The molecular formula is C17H17NO4. The van der Waals surface area contributed by atoms with Gasteiger partial charge in [-0.25, -0.2) is 4.79 Å². The normalized spacial score (nSPS) is 11.4. The Morgan fingerprint density at radius 1 is 1.18 bits per heavy atom. The number of nitriles is 1. The maximum absolute atomic E-state index is 12.1. The number of rotatable bonds is 6. The van der Waals surface area contributed by atoms with Gasteiger partial charge in [0.25, 0.3) is 0 Å². The zero-order valence-electron chi connectivity index (χ0n) is 12.8. The van der Waals surface area contributed by atoms with Gasteiger partial charge >= 0.3 is 5.97 Å². The Morgan fingerprint density at radius 3 is 2.23 bits per heavy atom. The van der Waals surface area contributed by atoms with E-state index in [0.717, 1.165) is 0 Å². The number of methoxy groups -OCH3 is 2. The summed E-state index contributed by atoms with van der Waals surface area (Å²) in [5.74, 6) is 0.787. The number of esters is 1. The first-order valence-electron chi connectivity index (χ1n) is 6.40. The molecule has 22 heavy (non-hydrogen) atoms. The Labute approximate surface area is 129 Å². The van der Waals surface area contributed by atoms with Crippen molar-refractivity contribution in [2.75, 3.05) is 14.2 Å². The highest BCUT2D eigenvalue weighted by Crippen LogP contribution is 2.23. The minimum absolute atomic E-state index is 0.303. The average Bonchev–Trinajstić information content (AvgIpc) is 2.55. The van der Waals surface area contributed by atoms with Gasteiger partial charge in [0.2, 0.25) is 0 Å². The molecule has 0 unspecified atom stereocenters. The van der Waals surface area contributed by atoms with Crippen LogP contribution in [0.15, 0.2) is 54.3 Å². The molecule has 0 aliphatic carbocycles. The van der Waals surface area contributed by atoms with Crippen LogP contribution in [0.1, 0.15) is 17.3 Å². The number of allylic oxidation sites excluding steroid dienone is 5. The lowest BCUT2D eigenvalue weighted by Gasteiger charge is -2.08. The molecule has 0 N–H and O–H groups in total. The molecule has 1 rings (SSSR count). The monoisotopic (exact) mass is 299 g/mol. The van der Waals surface area contributed by atoms with Crippen LogP contribution < -0.4 is 9.47 Å². The second-order valence-electron chi connectivity index (χ2n) is 4.21. The Bertz CT molecular complexity index is 643. The third-order valence-corrected chi connectivity index (χ3v) is 2.69. The van der Waals surface area contributed by atoms with Crippen LogP contribution in [0.5, 0.6) is 11.5 Å². The van der Waals surface area contributed by atoms with Gasteiger partial charge in [-0.1, -0.05) is 12.7 Å². The van der Waals surface area contributed by atoms with Gasteiger partial charge in [0, 0.05) is 6.07 Å². The number of hydrogen-bond acceptors (Lipinski definition) is 5. The predicted molar refractivity (Wildman–Crippen MR) is 82.6 cm³/mol. The van der Waals surface area contributed by atoms with Crippen molar-refractivity contribution in [3.8, 4) is 17.6 Å². The van der Waals surface area contributed by atoms with E-state index >= 15 is 0 Å². The number of carbonyl (C=O) groups is 1. The molecule has 0 saturated carbocycles. The van der Waals surface area contributed by atoms with Crippen molar-refractivity contribution in [3.05, 3.63) is 59.9 Å². The van der Waals surface area contributed by atoms with Crippen LogP contribution in [0.25, 0.3) is 0 Å². The maximum Gasteiger partial charge on any atom is 0.343 e. The number of hydrogen-bond donors (Lipinski definition) is 0. The largest absolute Gasteiger partial charge is 0.497 e. The van der Waals surface area contributed by atoms with Crippen molar-refractivity contribution < 1.29 is 19.0 Å². The van der Waals surface area contributed by atoms with Gasteiger partial charge in [-0.15, -0.1) is 0 Å². The van der Waals surface area contributed by atoms with E-state index in [1.165, 1.54) is 32.4 Å². The van der Waals surface area contributed by atoms with Crippen LogP contribution in [0.3, 0.4) is 0 Å². The van der Waals surface area contributed by atoms with Crippen molar-refractivity contribution in [3.63, 3.8) is 0 Å². The molecule has 0 aliphatic heterocycles. The molecule has 0 aliphatic rings. The predicted octanol–water partition coefficient (Wildman–Crippen LogP) is 3.40. The van der Waals surface area contributed by atoms with E-state index in [4.69, 9.17) is 19.5 Å². The fourth-order valence-electron chi connectivity index (χ4n) is 1.52. The standard InChI is InChI=1S/C17H17NO4/c1-5-13(11-18)7-6-12(2)22-17(19)14-8-15(20-3)10-16(9-14)21-4/h5-10H,1H2,2-4H3/b12-6+,13-7+. The molecule has 0 bridgehead atoms. The number of nitrogens with zero attached hydrogens (tertiary/aromatic N) is 1. The van der Waals surface area contributed by atoms with E-state index in [2.05, 4.69) is 6.58 Å².